The van der Waals surface area contributed by atoms with Gasteiger partial charge in [-0.2, -0.15) is 0 Å². The summed E-state index contributed by atoms with van der Waals surface area (Å²) in [4.78, 5) is 0. The molecular weight excluding hydrogens is 136 g/mol. The van der Waals surface area contributed by atoms with Crippen LogP contribution in [-0.2, 0) is 0 Å². The summed E-state index contributed by atoms with van der Waals surface area (Å²) in [7, 11) is 0. The average molecular weight is 158 g/mol. The van der Waals surface area contributed by atoms with Crippen LogP contribution in [0.2, 0.25) is 0 Å². The Labute approximate surface area is 70.5 Å². The smallest absolute Gasteiger partial charge is 0.0548 e. The summed E-state index contributed by atoms with van der Waals surface area (Å²) in [5.74, 6) is 0. The third-order valence-electron chi connectivity index (χ3n) is 1.67. The Hall–Kier alpha value is -0.0800. The number of hydrogen-bond donors (Lipinski definition) is 2. The average Bonchev–Trinajstić information content (AvgIpc) is 1.86. The normalized spacial score (nSPS) is 13.9. The highest BCUT2D eigenvalue weighted by molar-refractivity contribution is 4.61. The van der Waals surface area contributed by atoms with Gasteiger partial charge in [0.15, 0.2) is 0 Å². The lowest BCUT2D eigenvalue weighted by Gasteiger charge is -2.16. The van der Waals surface area contributed by atoms with E-state index >= 15 is 0 Å². The Morgan fingerprint density at radius 2 is 1.91 bits per heavy atom. The maximum atomic E-state index is 5.80. The van der Waals surface area contributed by atoms with E-state index in [0.29, 0.717) is 6.04 Å². The minimum atomic E-state index is 0.196. The molecule has 0 spiro atoms. The van der Waals surface area contributed by atoms with Crippen molar-refractivity contribution < 1.29 is 0 Å². The second-order valence-corrected chi connectivity index (χ2v) is 3.42. The van der Waals surface area contributed by atoms with Crippen LogP contribution in [-0.4, -0.2) is 12.2 Å². The first-order chi connectivity index (χ1) is 5.16. The van der Waals surface area contributed by atoms with Gasteiger partial charge in [0.05, 0.1) is 6.17 Å². The molecule has 0 amide bonds. The first kappa shape index (κ1) is 10.9. The fourth-order valence-corrected chi connectivity index (χ4v) is 1.13. The molecule has 1 atom stereocenters. The van der Waals surface area contributed by atoms with Crippen molar-refractivity contribution in [3.63, 3.8) is 0 Å². The van der Waals surface area contributed by atoms with Crippen molar-refractivity contribution in [3.05, 3.63) is 0 Å². The first-order valence-electron chi connectivity index (χ1n) is 4.68. The van der Waals surface area contributed by atoms with Crippen LogP contribution in [0.4, 0.5) is 0 Å². The van der Waals surface area contributed by atoms with Crippen molar-refractivity contribution in [1.82, 2.24) is 5.32 Å². The summed E-state index contributed by atoms with van der Waals surface area (Å²) in [5.41, 5.74) is 5.80. The number of nitrogens with two attached hydrogens (primary N) is 1. The molecule has 0 bridgehead atoms. The summed E-state index contributed by atoms with van der Waals surface area (Å²) in [6.07, 6.45) is 5.12. The fraction of sp³-hybridized carbons (Fsp3) is 1.00. The van der Waals surface area contributed by atoms with E-state index in [-0.39, 0.29) is 6.17 Å². The molecule has 3 N–H and O–H groups in total. The van der Waals surface area contributed by atoms with Crippen molar-refractivity contribution >= 4 is 0 Å². The van der Waals surface area contributed by atoms with Crippen molar-refractivity contribution in [2.75, 3.05) is 0 Å². The van der Waals surface area contributed by atoms with E-state index in [1.807, 2.05) is 0 Å². The van der Waals surface area contributed by atoms with Crippen LogP contribution in [0.1, 0.15) is 46.5 Å². The molecule has 0 aliphatic carbocycles. The molecule has 0 aliphatic rings. The van der Waals surface area contributed by atoms with Crippen LogP contribution in [0.5, 0.6) is 0 Å². The van der Waals surface area contributed by atoms with Crippen LogP contribution in [0.15, 0.2) is 0 Å². The van der Waals surface area contributed by atoms with E-state index in [4.69, 9.17) is 5.73 Å². The Kier molecular flexibility index (Phi) is 6.57. The lowest BCUT2D eigenvalue weighted by molar-refractivity contribution is 0.433. The minimum Gasteiger partial charge on any atom is -0.316 e. The molecule has 0 heterocycles. The summed E-state index contributed by atoms with van der Waals surface area (Å²) in [6, 6.07) is 0.506. The minimum absolute atomic E-state index is 0.196. The van der Waals surface area contributed by atoms with Gasteiger partial charge in [-0.3, -0.25) is 5.32 Å². The van der Waals surface area contributed by atoms with Gasteiger partial charge in [0, 0.05) is 6.04 Å². The van der Waals surface area contributed by atoms with Gasteiger partial charge >= 0.3 is 0 Å². The zero-order valence-corrected chi connectivity index (χ0v) is 8.06. The number of unbranched alkanes of at least 4 members (excludes halogenated alkanes) is 2. The van der Waals surface area contributed by atoms with Crippen molar-refractivity contribution in [2.45, 2.75) is 58.7 Å². The van der Waals surface area contributed by atoms with Gasteiger partial charge in [0.2, 0.25) is 0 Å². The quantitative estimate of drug-likeness (QED) is 0.457. The van der Waals surface area contributed by atoms with E-state index in [2.05, 4.69) is 26.1 Å². The molecule has 0 fully saturated rings. The van der Waals surface area contributed by atoms with E-state index in [9.17, 15) is 0 Å². The van der Waals surface area contributed by atoms with Crippen LogP contribution in [0.25, 0.3) is 0 Å². The van der Waals surface area contributed by atoms with Gasteiger partial charge in [0.1, 0.15) is 0 Å². The molecular formula is C9H22N2. The zero-order valence-electron chi connectivity index (χ0n) is 8.06. The molecule has 1 unspecified atom stereocenters. The van der Waals surface area contributed by atoms with E-state index < -0.39 is 0 Å². The Balaban J connectivity index is 3.15. The molecule has 0 aromatic carbocycles. The highest BCUT2D eigenvalue weighted by Crippen LogP contribution is 2.00. The second-order valence-electron chi connectivity index (χ2n) is 3.42. The van der Waals surface area contributed by atoms with Crippen LogP contribution in [0, 0.1) is 0 Å². The number of rotatable bonds is 6. The third-order valence-corrected chi connectivity index (χ3v) is 1.67. The van der Waals surface area contributed by atoms with E-state index in [1.54, 1.807) is 0 Å². The molecule has 0 radical (unpaired) electrons. The van der Waals surface area contributed by atoms with Crippen molar-refractivity contribution in [2.24, 2.45) is 5.73 Å². The molecule has 0 aromatic heterocycles. The zero-order chi connectivity index (χ0) is 8.69. The van der Waals surface area contributed by atoms with Crippen LogP contribution >= 0.6 is 0 Å². The van der Waals surface area contributed by atoms with Crippen LogP contribution in [0.3, 0.4) is 0 Å². The summed E-state index contributed by atoms with van der Waals surface area (Å²) >= 11 is 0. The maximum absolute atomic E-state index is 5.80. The predicted molar refractivity (Wildman–Crippen MR) is 50.4 cm³/mol. The fourth-order valence-electron chi connectivity index (χ4n) is 1.13. The molecule has 2 heteroatoms. The molecule has 0 aliphatic heterocycles. The maximum Gasteiger partial charge on any atom is 0.0548 e. The molecule has 0 saturated carbocycles. The number of nitrogens with one attached hydrogen (secondary N) is 1. The van der Waals surface area contributed by atoms with Crippen LogP contribution < -0.4 is 11.1 Å². The lowest BCUT2D eigenvalue weighted by Crippen LogP contribution is -2.41. The lowest BCUT2D eigenvalue weighted by atomic mass is 10.1. The molecule has 0 saturated heterocycles. The summed E-state index contributed by atoms with van der Waals surface area (Å²) in [6.45, 7) is 6.46. The number of hydrogen-bond acceptors (Lipinski definition) is 2. The monoisotopic (exact) mass is 158 g/mol. The van der Waals surface area contributed by atoms with Gasteiger partial charge in [-0.1, -0.05) is 26.2 Å². The second kappa shape index (κ2) is 6.62. The predicted octanol–water partition coefficient (Wildman–Crippen LogP) is 1.85. The van der Waals surface area contributed by atoms with E-state index in [0.717, 1.165) is 6.42 Å². The largest absolute Gasteiger partial charge is 0.316 e. The van der Waals surface area contributed by atoms with Gasteiger partial charge in [-0.15, -0.1) is 0 Å². The Bertz CT molecular complexity index is 81.6. The Morgan fingerprint density at radius 3 is 2.36 bits per heavy atom. The Morgan fingerprint density at radius 1 is 1.27 bits per heavy atom. The van der Waals surface area contributed by atoms with Crippen molar-refractivity contribution in [1.29, 1.82) is 0 Å². The molecule has 0 rings (SSSR count). The third kappa shape index (κ3) is 7.82. The standard InChI is InChI=1S/C9H22N2/c1-4-5-6-7-9(10)11-8(2)3/h8-9,11H,4-7,10H2,1-3H3. The molecule has 11 heavy (non-hydrogen) atoms. The molecule has 68 valence electrons. The van der Waals surface area contributed by atoms with Gasteiger partial charge < -0.3 is 5.73 Å². The topological polar surface area (TPSA) is 38.0 Å². The van der Waals surface area contributed by atoms with Crippen molar-refractivity contribution in [3.8, 4) is 0 Å². The first-order valence-corrected chi connectivity index (χ1v) is 4.68. The summed E-state index contributed by atoms with van der Waals surface area (Å²) < 4.78 is 0. The summed E-state index contributed by atoms with van der Waals surface area (Å²) in [5, 5.41) is 3.28. The van der Waals surface area contributed by atoms with E-state index in [1.165, 1.54) is 19.3 Å². The molecule has 0 aromatic rings. The highest BCUT2D eigenvalue weighted by atomic mass is 15.0. The van der Waals surface area contributed by atoms with Gasteiger partial charge in [-0.05, 0) is 20.3 Å². The van der Waals surface area contributed by atoms with Gasteiger partial charge in [0.25, 0.3) is 0 Å². The highest BCUT2D eigenvalue weighted by Gasteiger charge is 2.01. The van der Waals surface area contributed by atoms with Gasteiger partial charge in [-0.25, -0.2) is 0 Å². The molecule has 2 nitrogen and oxygen atoms in total. The SMILES string of the molecule is CCCCCC(N)NC(C)C.